The molecule has 0 radical (unpaired) electrons. The highest BCUT2D eigenvalue weighted by Crippen LogP contribution is 2.30. The molecule has 0 unspecified atom stereocenters. The first-order valence-corrected chi connectivity index (χ1v) is 6.49. The fraction of sp³-hybridized carbons (Fsp3) is 0.533. The van der Waals surface area contributed by atoms with E-state index >= 15 is 0 Å². The SMILES string of the molecule is CC[C@H](NC(=O)C1CC1)c1ccc(C)c(C)c1. The van der Waals surface area contributed by atoms with E-state index in [1.165, 1.54) is 16.7 Å². The quantitative estimate of drug-likeness (QED) is 0.846. The zero-order valence-electron chi connectivity index (χ0n) is 10.9. The average Bonchev–Trinajstić information content (AvgIpc) is 3.13. The minimum Gasteiger partial charge on any atom is -0.349 e. The lowest BCUT2D eigenvalue weighted by Gasteiger charge is -2.18. The van der Waals surface area contributed by atoms with Crippen LogP contribution in [-0.2, 0) is 4.79 Å². The molecule has 0 saturated heterocycles. The molecule has 1 N–H and O–H groups in total. The van der Waals surface area contributed by atoms with E-state index in [1.54, 1.807) is 0 Å². The lowest BCUT2D eigenvalue weighted by molar-refractivity contribution is -0.123. The third kappa shape index (κ3) is 2.87. The molecule has 2 rings (SSSR count). The van der Waals surface area contributed by atoms with E-state index in [0.29, 0.717) is 0 Å². The topological polar surface area (TPSA) is 29.1 Å². The van der Waals surface area contributed by atoms with Crippen molar-refractivity contribution in [2.24, 2.45) is 5.92 Å². The van der Waals surface area contributed by atoms with Crippen molar-refractivity contribution in [1.82, 2.24) is 5.32 Å². The van der Waals surface area contributed by atoms with Gasteiger partial charge < -0.3 is 5.32 Å². The second kappa shape index (κ2) is 4.91. The molecule has 1 amide bonds. The molecule has 2 nitrogen and oxygen atoms in total. The second-order valence-electron chi connectivity index (χ2n) is 5.09. The van der Waals surface area contributed by atoms with Crippen molar-refractivity contribution in [3.63, 3.8) is 0 Å². The molecule has 1 aromatic carbocycles. The van der Waals surface area contributed by atoms with Gasteiger partial charge in [0.1, 0.15) is 0 Å². The zero-order valence-corrected chi connectivity index (χ0v) is 10.9. The van der Waals surface area contributed by atoms with Crippen LogP contribution >= 0.6 is 0 Å². The summed E-state index contributed by atoms with van der Waals surface area (Å²) in [6.45, 7) is 6.35. The molecule has 1 aliphatic rings. The predicted octanol–water partition coefficient (Wildman–Crippen LogP) is 3.28. The van der Waals surface area contributed by atoms with Crippen LogP contribution in [-0.4, -0.2) is 5.91 Å². The summed E-state index contributed by atoms with van der Waals surface area (Å²) in [6, 6.07) is 6.62. The van der Waals surface area contributed by atoms with Gasteiger partial charge in [0.05, 0.1) is 6.04 Å². The van der Waals surface area contributed by atoms with Crippen LogP contribution in [0.25, 0.3) is 0 Å². The van der Waals surface area contributed by atoms with Gasteiger partial charge in [-0.1, -0.05) is 25.1 Å². The van der Waals surface area contributed by atoms with E-state index in [2.05, 4.69) is 44.3 Å². The van der Waals surface area contributed by atoms with Crippen LogP contribution in [0.3, 0.4) is 0 Å². The van der Waals surface area contributed by atoms with E-state index in [4.69, 9.17) is 0 Å². The average molecular weight is 231 g/mol. The summed E-state index contributed by atoms with van der Waals surface area (Å²) in [5.41, 5.74) is 3.82. The van der Waals surface area contributed by atoms with Crippen LogP contribution in [0.1, 0.15) is 48.9 Å². The molecule has 1 aromatic rings. The maximum absolute atomic E-state index is 11.8. The number of hydrogen-bond acceptors (Lipinski definition) is 1. The van der Waals surface area contributed by atoms with Gasteiger partial charge in [0.2, 0.25) is 5.91 Å². The molecule has 0 aliphatic heterocycles. The summed E-state index contributed by atoms with van der Waals surface area (Å²) in [4.78, 5) is 11.8. The molecule has 1 atom stereocenters. The van der Waals surface area contributed by atoms with Gasteiger partial charge in [-0.25, -0.2) is 0 Å². The monoisotopic (exact) mass is 231 g/mol. The molecule has 17 heavy (non-hydrogen) atoms. The van der Waals surface area contributed by atoms with Gasteiger partial charge in [-0.15, -0.1) is 0 Å². The maximum atomic E-state index is 11.8. The smallest absolute Gasteiger partial charge is 0.223 e. The highest BCUT2D eigenvalue weighted by Gasteiger charge is 2.30. The maximum Gasteiger partial charge on any atom is 0.223 e. The van der Waals surface area contributed by atoms with E-state index in [9.17, 15) is 4.79 Å². The Morgan fingerprint density at radius 2 is 2.06 bits per heavy atom. The zero-order chi connectivity index (χ0) is 12.4. The van der Waals surface area contributed by atoms with E-state index in [1.807, 2.05) is 0 Å². The fourth-order valence-corrected chi connectivity index (χ4v) is 2.04. The Morgan fingerprint density at radius 3 is 2.59 bits per heavy atom. The first-order valence-electron chi connectivity index (χ1n) is 6.49. The molecule has 0 bridgehead atoms. The number of hydrogen-bond donors (Lipinski definition) is 1. The Morgan fingerprint density at radius 1 is 1.35 bits per heavy atom. The number of rotatable bonds is 4. The van der Waals surface area contributed by atoms with Crippen LogP contribution in [0.5, 0.6) is 0 Å². The number of amides is 1. The Labute approximate surface area is 103 Å². The Hall–Kier alpha value is -1.31. The predicted molar refractivity (Wildman–Crippen MR) is 69.8 cm³/mol. The Bertz CT molecular complexity index is 421. The highest BCUT2D eigenvalue weighted by molar-refractivity contribution is 5.81. The molecule has 1 aliphatic carbocycles. The molecule has 0 heterocycles. The number of aryl methyl sites for hydroxylation is 2. The van der Waals surface area contributed by atoms with Crippen LogP contribution in [0.15, 0.2) is 18.2 Å². The van der Waals surface area contributed by atoms with Gasteiger partial charge in [0.25, 0.3) is 0 Å². The molecule has 92 valence electrons. The molecule has 1 fully saturated rings. The van der Waals surface area contributed by atoms with Gasteiger partial charge in [-0.05, 0) is 49.8 Å². The number of carbonyl (C=O) groups excluding carboxylic acids is 1. The normalized spacial score (nSPS) is 16.6. The Balaban J connectivity index is 2.10. The molecule has 0 aromatic heterocycles. The van der Waals surface area contributed by atoms with E-state index < -0.39 is 0 Å². The highest BCUT2D eigenvalue weighted by atomic mass is 16.2. The van der Waals surface area contributed by atoms with Crippen LogP contribution in [0, 0.1) is 19.8 Å². The van der Waals surface area contributed by atoms with E-state index in [-0.39, 0.29) is 17.9 Å². The second-order valence-corrected chi connectivity index (χ2v) is 5.09. The van der Waals surface area contributed by atoms with Crippen molar-refractivity contribution in [2.45, 2.75) is 46.1 Å². The number of carbonyl (C=O) groups is 1. The van der Waals surface area contributed by atoms with Crippen molar-refractivity contribution in [3.8, 4) is 0 Å². The van der Waals surface area contributed by atoms with E-state index in [0.717, 1.165) is 19.3 Å². The van der Waals surface area contributed by atoms with Crippen molar-refractivity contribution >= 4 is 5.91 Å². The standard InChI is InChI=1S/C15H21NO/c1-4-14(16-15(17)12-7-8-12)13-6-5-10(2)11(3)9-13/h5-6,9,12,14H,4,7-8H2,1-3H3,(H,16,17)/t14-/m0/s1. The van der Waals surface area contributed by atoms with Crippen molar-refractivity contribution in [1.29, 1.82) is 0 Å². The van der Waals surface area contributed by atoms with Gasteiger partial charge in [-0.2, -0.15) is 0 Å². The minimum absolute atomic E-state index is 0.169. The van der Waals surface area contributed by atoms with Crippen molar-refractivity contribution in [3.05, 3.63) is 34.9 Å². The molecule has 0 spiro atoms. The summed E-state index contributed by atoms with van der Waals surface area (Å²) >= 11 is 0. The summed E-state index contributed by atoms with van der Waals surface area (Å²) in [5, 5.41) is 3.15. The summed E-state index contributed by atoms with van der Waals surface area (Å²) in [5.74, 6) is 0.519. The van der Waals surface area contributed by atoms with Gasteiger partial charge in [0, 0.05) is 5.92 Å². The summed E-state index contributed by atoms with van der Waals surface area (Å²) in [7, 11) is 0. The molecule has 2 heteroatoms. The van der Waals surface area contributed by atoms with Crippen LogP contribution in [0.2, 0.25) is 0 Å². The first kappa shape index (κ1) is 12.2. The van der Waals surface area contributed by atoms with Gasteiger partial charge in [-0.3, -0.25) is 4.79 Å². The Kier molecular flexibility index (Phi) is 3.51. The number of benzene rings is 1. The molecular weight excluding hydrogens is 210 g/mol. The third-order valence-corrected chi connectivity index (χ3v) is 3.61. The van der Waals surface area contributed by atoms with Crippen LogP contribution < -0.4 is 5.32 Å². The molecular formula is C15H21NO. The third-order valence-electron chi connectivity index (χ3n) is 3.61. The fourth-order valence-electron chi connectivity index (χ4n) is 2.04. The lowest BCUT2D eigenvalue weighted by Crippen LogP contribution is -2.29. The van der Waals surface area contributed by atoms with Gasteiger partial charge in [0.15, 0.2) is 0 Å². The lowest BCUT2D eigenvalue weighted by atomic mass is 9.99. The van der Waals surface area contributed by atoms with Crippen molar-refractivity contribution < 1.29 is 4.79 Å². The summed E-state index contributed by atoms with van der Waals surface area (Å²) < 4.78 is 0. The number of nitrogens with one attached hydrogen (secondary N) is 1. The van der Waals surface area contributed by atoms with Crippen LogP contribution in [0.4, 0.5) is 0 Å². The largest absolute Gasteiger partial charge is 0.349 e. The minimum atomic E-state index is 0.169. The first-order chi connectivity index (χ1) is 8.11. The molecule has 1 saturated carbocycles. The van der Waals surface area contributed by atoms with Gasteiger partial charge >= 0.3 is 0 Å². The van der Waals surface area contributed by atoms with Crippen molar-refractivity contribution in [2.75, 3.05) is 0 Å². The summed E-state index contributed by atoms with van der Waals surface area (Å²) in [6.07, 6.45) is 3.07.